The van der Waals surface area contributed by atoms with Gasteiger partial charge in [-0.25, -0.2) is 0 Å². The van der Waals surface area contributed by atoms with Crippen molar-refractivity contribution in [3.8, 4) is 0 Å². The van der Waals surface area contributed by atoms with Gasteiger partial charge in [0.25, 0.3) is 5.69 Å². The van der Waals surface area contributed by atoms with Crippen molar-refractivity contribution in [3.05, 3.63) is 32.3 Å². The summed E-state index contributed by atoms with van der Waals surface area (Å²) in [7, 11) is 0. The van der Waals surface area contributed by atoms with Crippen LogP contribution < -0.4 is 5.32 Å². The average molecular weight is 313 g/mol. The molecule has 94 valence electrons. The lowest BCUT2D eigenvalue weighted by Crippen LogP contribution is -2.21. The molecule has 0 aliphatic carbocycles. The first-order valence-electron chi connectivity index (χ1n) is 4.46. The molecule has 0 fully saturated rings. The second-order valence-corrected chi connectivity index (χ2v) is 4.15. The zero-order valence-corrected chi connectivity index (χ0v) is 10.2. The molecule has 0 aliphatic rings. The molecule has 0 radical (unpaired) electrons. The Balaban J connectivity index is 3.08. The Morgan fingerprint density at radius 2 is 2.06 bits per heavy atom. The molecule has 1 aromatic rings. The lowest BCUT2D eigenvalue weighted by Gasteiger charge is -2.11. The van der Waals surface area contributed by atoms with Crippen molar-refractivity contribution in [1.29, 1.82) is 0 Å². The highest BCUT2D eigenvalue weighted by atomic mass is 79.9. The van der Waals surface area contributed by atoms with Crippen LogP contribution in [0.5, 0.6) is 0 Å². The fourth-order valence-electron chi connectivity index (χ4n) is 1.25. The van der Waals surface area contributed by atoms with Gasteiger partial charge in [-0.15, -0.1) is 0 Å². The Morgan fingerprint density at radius 1 is 1.47 bits per heavy atom. The van der Waals surface area contributed by atoms with E-state index < -0.39 is 17.6 Å². The van der Waals surface area contributed by atoms with Gasteiger partial charge in [0.1, 0.15) is 12.2 Å². The van der Waals surface area contributed by atoms with Crippen LogP contribution in [-0.2, 0) is 0 Å². The first-order chi connectivity index (χ1) is 7.72. The molecule has 17 heavy (non-hydrogen) atoms. The Bertz CT molecular complexity index is 449. The third-order valence-corrected chi connectivity index (χ3v) is 2.89. The second kappa shape index (κ2) is 4.91. The van der Waals surface area contributed by atoms with Gasteiger partial charge in [0.2, 0.25) is 0 Å². The molecule has 1 aromatic carbocycles. The molecule has 0 bridgehead atoms. The lowest BCUT2D eigenvalue weighted by atomic mass is 10.1. The van der Waals surface area contributed by atoms with Gasteiger partial charge < -0.3 is 5.32 Å². The summed E-state index contributed by atoms with van der Waals surface area (Å²) in [4.78, 5) is 10.1. The van der Waals surface area contributed by atoms with E-state index in [1.165, 1.54) is 19.1 Å². The molecule has 8 heteroatoms. The number of anilines is 1. The number of alkyl halides is 3. The van der Waals surface area contributed by atoms with Gasteiger partial charge in [-0.2, -0.15) is 13.2 Å². The maximum atomic E-state index is 12.0. The molecule has 0 aromatic heterocycles. The Kier molecular flexibility index (Phi) is 3.97. The number of benzene rings is 1. The number of hydrogen-bond acceptors (Lipinski definition) is 3. The molecule has 0 spiro atoms. The zero-order valence-electron chi connectivity index (χ0n) is 8.64. The highest BCUT2D eigenvalue weighted by Crippen LogP contribution is 2.33. The van der Waals surface area contributed by atoms with Crippen LogP contribution >= 0.6 is 15.9 Å². The van der Waals surface area contributed by atoms with Crippen LogP contribution in [0.15, 0.2) is 16.6 Å². The maximum Gasteiger partial charge on any atom is 0.405 e. The third-order valence-electron chi connectivity index (χ3n) is 2.03. The van der Waals surface area contributed by atoms with E-state index >= 15 is 0 Å². The minimum absolute atomic E-state index is 0.145. The monoisotopic (exact) mass is 312 g/mol. The largest absolute Gasteiger partial charge is 0.405 e. The Morgan fingerprint density at radius 3 is 2.53 bits per heavy atom. The van der Waals surface area contributed by atoms with Crippen LogP contribution in [0.1, 0.15) is 5.56 Å². The van der Waals surface area contributed by atoms with Crippen LogP contribution in [0.4, 0.5) is 24.5 Å². The molecule has 0 unspecified atom stereocenters. The van der Waals surface area contributed by atoms with E-state index in [1.807, 2.05) is 5.32 Å². The quantitative estimate of drug-likeness (QED) is 0.685. The summed E-state index contributed by atoms with van der Waals surface area (Å²) in [5.41, 5.74) is -0.223. The topological polar surface area (TPSA) is 55.2 Å². The van der Waals surface area contributed by atoms with Gasteiger partial charge in [0.15, 0.2) is 0 Å². The normalized spacial score (nSPS) is 11.4. The minimum Gasteiger partial charge on any atom is -0.371 e. The summed E-state index contributed by atoms with van der Waals surface area (Å²) in [5.74, 6) is 0. The van der Waals surface area contributed by atoms with E-state index in [0.717, 1.165) is 0 Å². The first-order valence-corrected chi connectivity index (χ1v) is 5.26. The van der Waals surface area contributed by atoms with Gasteiger partial charge >= 0.3 is 6.18 Å². The summed E-state index contributed by atoms with van der Waals surface area (Å²) >= 11 is 3.08. The Hall–Kier alpha value is -1.31. The maximum absolute atomic E-state index is 12.0. The van der Waals surface area contributed by atoms with E-state index in [9.17, 15) is 23.3 Å². The van der Waals surface area contributed by atoms with E-state index in [4.69, 9.17) is 0 Å². The fourth-order valence-corrected chi connectivity index (χ4v) is 1.57. The standard InChI is InChI=1S/C9H8BrF3N2O2/c1-5-6(10)2-3-7(8(5)15(16)17)14-4-9(11,12)13/h2-3,14H,4H2,1H3. The van der Waals surface area contributed by atoms with Crippen molar-refractivity contribution in [2.24, 2.45) is 0 Å². The molecule has 0 amide bonds. The molecule has 1 N–H and O–H groups in total. The number of hydrogen-bond donors (Lipinski definition) is 1. The number of nitrogens with one attached hydrogen (secondary N) is 1. The fraction of sp³-hybridized carbons (Fsp3) is 0.333. The number of halogens is 4. The summed E-state index contributed by atoms with van der Waals surface area (Å²) in [5, 5.41) is 12.8. The zero-order chi connectivity index (χ0) is 13.2. The van der Waals surface area contributed by atoms with Crippen molar-refractivity contribution in [1.82, 2.24) is 0 Å². The number of nitro groups is 1. The van der Waals surface area contributed by atoms with E-state index in [1.54, 1.807) is 0 Å². The molecular formula is C9H8BrF3N2O2. The summed E-state index contributed by atoms with van der Waals surface area (Å²) < 4.78 is 36.5. The molecule has 0 atom stereocenters. The predicted molar refractivity (Wildman–Crippen MR) is 60.1 cm³/mol. The summed E-state index contributed by atoms with van der Waals surface area (Å²) in [6, 6.07) is 2.70. The second-order valence-electron chi connectivity index (χ2n) is 3.29. The molecule has 0 saturated heterocycles. The van der Waals surface area contributed by atoms with E-state index in [2.05, 4.69) is 15.9 Å². The van der Waals surface area contributed by atoms with Crippen LogP contribution in [0, 0.1) is 17.0 Å². The molecule has 0 heterocycles. The lowest BCUT2D eigenvalue weighted by molar-refractivity contribution is -0.384. The van der Waals surface area contributed by atoms with Gasteiger partial charge in [-0.05, 0) is 19.1 Å². The van der Waals surface area contributed by atoms with Crippen LogP contribution in [0.3, 0.4) is 0 Å². The number of nitro benzene ring substituents is 1. The number of nitrogens with zero attached hydrogens (tertiary/aromatic N) is 1. The van der Waals surface area contributed by atoms with Crippen LogP contribution in [-0.4, -0.2) is 17.6 Å². The highest BCUT2D eigenvalue weighted by Gasteiger charge is 2.28. The molecule has 1 rings (SSSR count). The van der Waals surface area contributed by atoms with Crippen molar-refractivity contribution < 1.29 is 18.1 Å². The predicted octanol–water partition coefficient (Wildman–Crippen LogP) is 3.64. The SMILES string of the molecule is Cc1c(Br)ccc(NCC(F)(F)F)c1[N+](=O)[O-]. The van der Waals surface area contributed by atoms with Crippen molar-refractivity contribution in [2.75, 3.05) is 11.9 Å². The van der Waals surface area contributed by atoms with Crippen molar-refractivity contribution in [2.45, 2.75) is 13.1 Å². The van der Waals surface area contributed by atoms with Crippen LogP contribution in [0.2, 0.25) is 0 Å². The molecular weight excluding hydrogens is 305 g/mol. The Labute approximate surface area is 103 Å². The summed E-state index contributed by atoms with van der Waals surface area (Å²) in [6.45, 7) is 0.149. The minimum atomic E-state index is -4.42. The van der Waals surface area contributed by atoms with Crippen molar-refractivity contribution in [3.63, 3.8) is 0 Å². The van der Waals surface area contributed by atoms with Crippen molar-refractivity contribution >= 4 is 27.3 Å². The van der Waals surface area contributed by atoms with E-state index in [-0.39, 0.29) is 16.9 Å². The summed E-state index contributed by atoms with van der Waals surface area (Å²) in [6.07, 6.45) is -4.42. The first kappa shape index (κ1) is 13.8. The van der Waals surface area contributed by atoms with Crippen LogP contribution in [0.25, 0.3) is 0 Å². The molecule has 0 saturated carbocycles. The van der Waals surface area contributed by atoms with Gasteiger partial charge in [-0.3, -0.25) is 10.1 Å². The van der Waals surface area contributed by atoms with E-state index in [0.29, 0.717) is 4.47 Å². The van der Waals surface area contributed by atoms with Gasteiger partial charge in [0, 0.05) is 10.0 Å². The molecule has 4 nitrogen and oxygen atoms in total. The average Bonchev–Trinajstić information content (AvgIpc) is 2.18. The highest BCUT2D eigenvalue weighted by molar-refractivity contribution is 9.10. The smallest absolute Gasteiger partial charge is 0.371 e. The molecule has 0 aliphatic heterocycles. The third kappa shape index (κ3) is 3.58. The van der Waals surface area contributed by atoms with Gasteiger partial charge in [0.05, 0.1) is 4.92 Å². The number of rotatable bonds is 3. The van der Waals surface area contributed by atoms with Gasteiger partial charge in [-0.1, -0.05) is 15.9 Å².